The standard InChI is InChI=1S/C12H22/c1-7(2)11-10-6-8(3)12(11,5)9(10)4/h7-11H,6H2,1-5H3/t8?,9?,10?,11?,12-/m0/s1. The second-order valence-corrected chi connectivity index (χ2v) is 5.73. The van der Waals surface area contributed by atoms with Crippen LogP contribution in [0.1, 0.15) is 41.0 Å². The summed E-state index contributed by atoms with van der Waals surface area (Å²) in [6.07, 6.45) is 1.50. The zero-order valence-corrected chi connectivity index (χ0v) is 9.09. The molecule has 0 heterocycles. The lowest BCUT2D eigenvalue weighted by atomic mass is 9.50. The first-order valence-corrected chi connectivity index (χ1v) is 5.49. The van der Waals surface area contributed by atoms with E-state index in [0.717, 1.165) is 29.6 Å². The van der Waals surface area contributed by atoms with Gasteiger partial charge < -0.3 is 0 Å². The van der Waals surface area contributed by atoms with Crippen LogP contribution in [0.5, 0.6) is 0 Å². The van der Waals surface area contributed by atoms with Crippen molar-refractivity contribution in [3.8, 4) is 0 Å². The van der Waals surface area contributed by atoms with Crippen LogP contribution in [0.25, 0.3) is 0 Å². The molecular formula is C12H22. The van der Waals surface area contributed by atoms with Crippen molar-refractivity contribution in [3.05, 3.63) is 0 Å². The normalized spacial score (nSPS) is 57.5. The van der Waals surface area contributed by atoms with Crippen LogP contribution in [-0.2, 0) is 0 Å². The molecule has 0 heteroatoms. The molecule has 12 heavy (non-hydrogen) atoms. The van der Waals surface area contributed by atoms with Crippen LogP contribution >= 0.6 is 0 Å². The molecule has 3 saturated carbocycles. The van der Waals surface area contributed by atoms with E-state index in [1.165, 1.54) is 6.42 Å². The van der Waals surface area contributed by atoms with Crippen LogP contribution in [0.2, 0.25) is 0 Å². The van der Waals surface area contributed by atoms with Gasteiger partial charge in [0.15, 0.2) is 0 Å². The first-order chi connectivity index (χ1) is 5.49. The molecule has 3 aliphatic rings. The van der Waals surface area contributed by atoms with Crippen molar-refractivity contribution >= 4 is 0 Å². The predicted octanol–water partition coefficient (Wildman–Crippen LogP) is 3.57. The largest absolute Gasteiger partial charge is 0.0625 e. The molecule has 0 saturated heterocycles. The van der Waals surface area contributed by atoms with Gasteiger partial charge in [0.05, 0.1) is 0 Å². The molecule has 0 nitrogen and oxygen atoms in total. The third-order valence-corrected chi connectivity index (χ3v) is 5.21. The SMILES string of the molecule is CC(C)C1C2CC(C)[C@@]1(C)C2C. The van der Waals surface area contributed by atoms with Crippen LogP contribution < -0.4 is 0 Å². The molecule has 2 bridgehead atoms. The molecule has 0 N–H and O–H groups in total. The molecule has 0 spiro atoms. The Labute approximate surface area is 76.7 Å². The zero-order valence-electron chi connectivity index (χ0n) is 9.09. The summed E-state index contributed by atoms with van der Waals surface area (Å²) in [6, 6.07) is 0. The first kappa shape index (κ1) is 8.59. The van der Waals surface area contributed by atoms with Gasteiger partial charge in [-0.15, -0.1) is 0 Å². The number of fused-ring (bicyclic) bond motifs is 1. The molecule has 3 aliphatic carbocycles. The zero-order chi connectivity index (χ0) is 9.09. The van der Waals surface area contributed by atoms with E-state index in [4.69, 9.17) is 0 Å². The average Bonchev–Trinajstić information content (AvgIpc) is 2.36. The first-order valence-electron chi connectivity index (χ1n) is 5.49. The van der Waals surface area contributed by atoms with Crippen molar-refractivity contribution in [1.29, 1.82) is 0 Å². The average molecular weight is 166 g/mol. The van der Waals surface area contributed by atoms with E-state index in [1.54, 1.807) is 0 Å². The number of hydrogen-bond acceptors (Lipinski definition) is 0. The van der Waals surface area contributed by atoms with Crippen molar-refractivity contribution < 1.29 is 0 Å². The summed E-state index contributed by atoms with van der Waals surface area (Å²) in [5, 5.41) is 0. The maximum Gasteiger partial charge on any atom is -0.0238 e. The van der Waals surface area contributed by atoms with E-state index in [0.29, 0.717) is 5.41 Å². The molecule has 0 aromatic heterocycles. The van der Waals surface area contributed by atoms with E-state index >= 15 is 0 Å². The summed E-state index contributed by atoms with van der Waals surface area (Å²) in [5.74, 6) is 4.97. The third-order valence-electron chi connectivity index (χ3n) is 5.21. The maximum atomic E-state index is 2.52. The van der Waals surface area contributed by atoms with Crippen LogP contribution in [0, 0.1) is 35.0 Å². The Balaban J connectivity index is 2.24. The Morgan fingerprint density at radius 3 is 2.00 bits per heavy atom. The Bertz CT molecular complexity index is 188. The van der Waals surface area contributed by atoms with Crippen LogP contribution in [0.3, 0.4) is 0 Å². The van der Waals surface area contributed by atoms with Gasteiger partial charge in [0.2, 0.25) is 0 Å². The molecular weight excluding hydrogens is 144 g/mol. The quantitative estimate of drug-likeness (QED) is 0.558. The molecule has 0 radical (unpaired) electrons. The third kappa shape index (κ3) is 0.701. The molecule has 3 fully saturated rings. The molecule has 70 valence electrons. The van der Waals surface area contributed by atoms with E-state index in [1.807, 2.05) is 0 Å². The molecule has 4 unspecified atom stereocenters. The molecule has 3 rings (SSSR count). The highest BCUT2D eigenvalue weighted by atomic mass is 14.7. The lowest BCUT2D eigenvalue weighted by Gasteiger charge is -2.55. The van der Waals surface area contributed by atoms with Gasteiger partial charge in [0.25, 0.3) is 0 Å². The molecule has 0 amide bonds. The summed E-state index contributed by atoms with van der Waals surface area (Å²) in [7, 11) is 0. The molecule has 0 aromatic carbocycles. The van der Waals surface area contributed by atoms with E-state index < -0.39 is 0 Å². The monoisotopic (exact) mass is 166 g/mol. The minimum Gasteiger partial charge on any atom is -0.0625 e. The van der Waals surface area contributed by atoms with Gasteiger partial charge >= 0.3 is 0 Å². The van der Waals surface area contributed by atoms with Gasteiger partial charge in [-0.25, -0.2) is 0 Å². The highest BCUT2D eigenvalue weighted by molar-refractivity contribution is 5.13. The van der Waals surface area contributed by atoms with Crippen molar-refractivity contribution in [2.75, 3.05) is 0 Å². The second kappa shape index (κ2) is 2.27. The van der Waals surface area contributed by atoms with Crippen LogP contribution in [-0.4, -0.2) is 0 Å². The lowest BCUT2D eigenvalue weighted by molar-refractivity contribution is -0.0757. The Morgan fingerprint density at radius 2 is 1.83 bits per heavy atom. The Morgan fingerprint density at radius 1 is 1.25 bits per heavy atom. The summed E-state index contributed by atoms with van der Waals surface area (Å²) in [5.41, 5.74) is 0.693. The van der Waals surface area contributed by atoms with Gasteiger partial charge in [-0.05, 0) is 41.4 Å². The highest BCUT2D eigenvalue weighted by Gasteiger charge is 2.65. The van der Waals surface area contributed by atoms with Crippen molar-refractivity contribution in [2.45, 2.75) is 41.0 Å². The second-order valence-electron chi connectivity index (χ2n) is 5.73. The topological polar surface area (TPSA) is 0 Å². The van der Waals surface area contributed by atoms with Crippen LogP contribution in [0.4, 0.5) is 0 Å². The number of rotatable bonds is 1. The molecule has 0 aliphatic heterocycles. The smallest absolute Gasteiger partial charge is 0.0238 e. The highest BCUT2D eigenvalue weighted by Crippen LogP contribution is 2.71. The fourth-order valence-electron chi connectivity index (χ4n) is 4.42. The van der Waals surface area contributed by atoms with Crippen LogP contribution in [0.15, 0.2) is 0 Å². The molecule has 0 aromatic rings. The van der Waals surface area contributed by atoms with Gasteiger partial charge in [-0.2, -0.15) is 0 Å². The minimum atomic E-state index is 0.693. The number of hydrogen-bond donors (Lipinski definition) is 0. The summed E-state index contributed by atoms with van der Waals surface area (Å²) in [4.78, 5) is 0. The van der Waals surface area contributed by atoms with Gasteiger partial charge in [0, 0.05) is 0 Å². The summed E-state index contributed by atoms with van der Waals surface area (Å²) >= 11 is 0. The van der Waals surface area contributed by atoms with Gasteiger partial charge in [-0.1, -0.05) is 34.6 Å². The summed E-state index contributed by atoms with van der Waals surface area (Å²) < 4.78 is 0. The van der Waals surface area contributed by atoms with Gasteiger partial charge in [0.1, 0.15) is 0 Å². The van der Waals surface area contributed by atoms with Crippen molar-refractivity contribution in [3.63, 3.8) is 0 Å². The predicted molar refractivity (Wildman–Crippen MR) is 52.9 cm³/mol. The lowest BCUT2D eigenvalue weighted by Crippen LogP contribution is -2.50. The van der Waals surface area contributed by atoms with E-state index in [2.05, 4.69) is 34.6 Å². The summed E-state index contributed by atoms with van der Waals surface area (Å²) in [6.45, 7) is 12.3. The Kier molecular flexibility index (Phi) is 1.63. The van der Waals surface area contributed by atoms with Crippen molar-refractivity contribution in [1.82, 2.24) is 0 Å². The fourth-order valence-corrected chi connectivity index (χ4v) is 4.42. The minimum absolute atomic E-state index is 0.693. The van der Waals surface area contributed by atoms with Crippen molar-refractivity contribution in [2.24, 2.45) is 35.0 Å². The molecule has 5 atom stereocenters. The maximum absolute atomic E-state index is 2.52. The fraction of sp³-hybridized carbons (Fsp3) is 1.00. The van der Waals surface area contributed by atoms with E-state index in [-0.39, 0.29) is 0 Å². The van der Waals surface area contributed by atoms with E-state index in [9.17, 15) is 0 Å². The Hall–Kier alpha value is 0. The van der Waals surface area contributed by atoms with Gasteiger partial charge in [-0.3, -0.25) is 0 Å².